The van der Waals surface area contributed by atoms with Crippen LogP contribution in [0.3, 0.4) is 0 Å². The lowest BCUT2D eigenvalue weighted by molar-refractivity contribution is -0.125. The molecule has 1 amide bonds. The third-order valence-electron chi connectivity index (χ3n) is 3.65. The topological polar surface area (TPSA) is 32.3 Å². The normalized spacial score (nSPS) is 18.3. The van der Waals surface area contributed by atoms with Gasteiger partial charge in [0.1, 0.15) is 0 Å². The van der Waals surface area contributed by atoms with Gasteiger partial charge in [-0.05, 0) is 31.4 Å². The maximum atomic E-state index is 12.4. The van der Waals surface area contributed by atoms with Gasteiger partial charge in [0.2, 0.25) is 5.91 Å². The number of rotatable bonds is 1. The summed E-state index contributed by atoms with van der Waals surface area (Å²) in [5.74, 6) is 0.604. The second-order valence-electron chi connectivity index (χ2n) is 6.00. The van der Waals surface area contributed by atoms with E-state index in [2.05, 4.69) is 25.2 Å². The molecule has 0 unspecified atom stereocenters. The number of para-hydroxylation sites is 1. The fourth-order valence-corrected chi connectivity index (χ4v) is 2.46. The van der Waals surface area contributed by atoms with Crippen LogP contribution in [-0.4, -0.2) is 19.5 Å². The molecule has 0 saturated heterocycles. The molecule has 18 heavy (non-hydrogen) atoms. The highest BCUT2D eigenvalue weighted by Crippen LogP contribution is 2.38. The van der Waals surface area contributed by atoms with Crippen molar-refractivity contribution < 1.29 is 4.79 Å². The smallest absolute Gasteiger partial charge is 0.234 e. The maximum absolute atomic E-state index is 12.4. The highest BCUT2D eigenvalue weighted by Gasteiger charge is 2.35. The van der Waals surface area contributed by atoms with Crippen molar-refractivity contribution in [1.29, 1.82) is 0 Å². The summed E-state index contributed by atoms with van der Waals surface area (Å²) in [6.07, 6.45) is 0. The van der Waals surface area contributed by atoms with Crippen LogP contribution in [-0.2, 0) is 4.79 Å². The van der Waals surface area contributed by atoms with Gasteiger partial charge in [-0.25, -0.2) is 0 Å². The minimum absolute atomic E-state index is 0.162. The number of hydrogen-bond donors (Lipinski definition) is 1. The fourth-order valence-electron chi connectivity index (χ4n) is 2.46. The lowest BCUT2D eigenvalue weighted by Crippen LogP contribution is -2.40. The molecule has 1 aromatic carbocycles. The molecule has 98 valence electrons. The summed E-state index contributed by atoms with van der Waals surface area (Å²) in [4.78, 5) is 14.2. The molecule has 1 N–H and O–H groups in total. The molecule has 0 bridgehead atoms. The third kappa shape index (κ3) is 1.98. The number of carbonyl (C=O) groups is 1. The van der Waals surface area contributed by atoms with Gasteiger partial charge in [0.15, 0.2) is 0 Å². The van der Waals surface area contributed by atoms with Crippen molar-refractivity contribution in [2.24, 2.45) is 5.41 Å². The van der Waals surface area contributed by atoms with E-state index in [1.165, 1.54) is 5.56 Å². The van der Waals surface area contributed by atoms with Crippen LogP contribution in [0.2, 0.25) is 0 Å². The summed E-state index contributed by atoms with van der Waals surface area (Å²) in [6, 6.07) is 6.17. The van der Waals surface area contributed by atoms with Crippen LogP contribution >= 0.6 is 0 Å². The van der Waals surface area contributed by atoms with E-state index in [4.69, 9.17) is 0 Å². The quantitative estimate of drug-likeness (QED) is 0.825. The summed E-state index contributed by atoms with van der Waals surface area (Å²) in [7, 11) is 1.86. The van der Waals surface area contributed by atoms with Gasteiger partial charge in [-0.1, -0.05) is 26.0 Å². The molecule has 0 atom stereocenters. The number of benzene rings is 1. The molecule has 3 nitrogen and oxygen atoms in total. The predicted molar refractivity (Wildman–Crippen MR) is 76.2 cm³/mol. The van der Waals surface area contributed by atoms with Gasteiger partial charge in [0, 0.05) is 13.6 Å². The average molecular weight is 246 g/mol. The lowest BCUT2D eigenvalue weighted by atomic mass is 9.92. The molecule has 0 saturated carbocycles. The Labute approximate surface area is 109 Å². The highest BCUT2D eigenvalue weighted by molar-refractivity contribution is 6.01. The minimum Gasteiger partial charge on any atom is -0.382 e. The molecule has 1 aromatic rings. The number of nitrogens with one attached hydrogen (secondary N) is 1. The van der Waals surface area contributed by atoms with Crippen LogP contribution in [0.15, 0.2) is 18.2 Å². The first-order valence-electron chi connectivity index (χ1n) is 6.49. The van der Waals surface area contributed by atoms with Crippen molar-refractivity contribution in [3.63, 3.8) is 0 Å². The Balaban J connectivity index is 2.56. The van der Waals surface area contributed by atoms with Crippen LogP contribution in [0, 0.1) is 5.41 Å². The van der Waals surface area contributed by atoms with Gasteiger partial charge in [0.05, 0.1) is 16.8 Å². The van der Waals surface area contributed by atoms with Crippen molar-refractivity contribution in [2.75, 3.05) is 23.8 Å². The Morgan fingerprint density at radius 2 is 2.00 bits per heavy atom. The van der Waals surface area contributed by atoms with Crippen molar-refractivity contribution in [3.8, 4) is 0 Å². The Hall–Kier alpha value is -1.51. The van der Waals surface area contributed by atoms with E-state index >= 15 is 0 Å². The molecule has 1 heterocycles. The second-order valence-corrected chi connectivity index (χ2v) is 6.00. The number of nitrogens with zero attached hydrogens (tertiary/aromatic N) is 1. The molecule has 0 spiro atoms. The van der Waals surface area contributed by atoms with E-state index in [1.807, 2.05) is 33.0 Å². The monoisotopic (exact) mass is 246 g/mol. The van der Waals surface area contributed by atoms with Crippen molar-refractivity contribution in [3.05, 3.63) is 23.8 Å². The molecular formula is C15H22N2O. The Bertz CT molecular complexity index is 477. The summed E-state index contributed by atoms with van der Waals surface area (Å²) < 4.78 is 0. The van der Waals surface area contributed by atoms with E-state index < -0.39 is 0 Å². The number of carbonyl (C=O) groups excluding carboxylic acids is 1. The first-order valence-corrected chi connectivity index (χ1v) is 6.49. The van der Waals surface area contributed by atoms with Gasteiger partial charge in [-0.3, -0.25) is 4.79 Å². The zero-order valence-corrected chi connectivity index (χ0v) is 11.9. The van der Waals surface area contributed by atoms with Crippen molar-refractivity contribution in [2.45, 2.75) is 33.6 Å². The van der Waals surface area contributed by atoms with Crippen LogP contribution < -0.4 is 10.2 Å². The zero-order valence-electron chi connectivity index (χ0n) is 11.9. The molecule has 0 aromatic heterocycles. The molecule has 0 aliphatic carbocycles. The Kier molecular flexibility index (Phi) is 3.09. The first kappa shape index (κ1) is 12.9. The minimum atomic E-state index is -0.373. The molecule has 1 aliphatic heterocycles. The molecule has 1 aliphatic rings. The SMILES string of the molecule is CC(C)c1cccc2c1NCC(C)(C)C(=O)N2C. The van der Waals surface area contributed by atoms with E-state index in [0.717, 1.165) is 11.4 Å². The molecule has 0 radical (unpaired) electrons. The summed E-state index contributed by atoms with van der Waals surface area (Å²) in [6.45, 7) is 9.00. The van der Waals surface area contributed by atoms with E-state index in [0.29, 0.717) is 12.5 Å². The lowest BCUT2D eigenvalue weighted by Gasteiger charge is -2.25. The Morgan fingerprint density at radius 3 is 2.61 bits per heavy atom. The van der Waals surface area contributed by atoms with Gasteiger partial charge in [-0.2, -0.15) is 0 Å². The van der Waals surface area contributed by atoms with Gasteiger partial charge >= 0.3 is 0 Å². The van der Waals surface area contributed by atoms with Gasteiger partial charge in [0.25, 0.3) is 0 Å². The largest absolute Gasteiger partial charge is 0.382 e. The van der Waals surface area contributed by atoms with Crippen molar-refractivity contribution >= 4 is 17.3 Å². The van der Waals surface area contributed by atoms with Crippen LogP contribution in [0.1, 0.15) is 39.2 Å². The van der Waals surface area contributed by atoms with E-state index in [9.17, 15) is 4.79 Å². The Morgan fingerprint density at radius 1 is 1.33 bits per heavy atom. The molecule has 3 heteroatoms. The second kappa shape index (κ2) is 4.30. The van der Waals surface area contributed by atoms with E-state index in [-0.39, 0.29) is 11.3 Å². The predicted octanol–water partition coefficient (Wildman–Crippen LogP) is 3.22. The fraction of sp³-hybridized carbons (Fsp3) is 0.533. The van der Waals surface area contributed by atoms with Gasteiger partial charge in [-0.15, -0.1) is 0 Å². The first-order chi connectivity index (χ1) is 8.34. The zero-order chi connectivity index (χ0) is 13.5. The summed E-state index contributed by atoms with van der Waals surface area (Å²) >= 11 is 0. The summed E-state index contributed by atoms with van der Waals surface area (Å²) in [5, 5.41) is 3.46. The van der Waals surface area contributed by atoms with Gasteiger partial charge < -0.3 is 10.2 Å². The number of fused-ring (bicyclic) bond motifs is 1. The van der Waals surface area contributed by atoms with Crippen LogP contribution in [0.5, 0.6) is 0 Å². The standard InChI is InChI=1S/C15H22N2O/c1-10(2)11-7-6-8-12-13(11)16-9-15(3,4)14(18)17(12)5/h6-8,10,16H,9H2,1-5H3. The third-order valence-corrected chi connectivity index (χ3v) is 3.65. The van der Waals surface area contributed by atoms with Crippen molar-refractivity contribution in [1.82, 2.24) is 0 Å². The van der Waals surface area contributed by atoms with Crippen LogP contribution in [0.4, 0.5) is 11.4 Å². The average Bonchev–Trinajstić information content (AvgIpc) is 2.40. The van der Waals surface area contributed by atoms with E-state index in [1.54, 1.807) is 4.90 Å². The maximum Gasteiger partial charge on any atom is 0.234 e. The molecule has 0 fully saturated rings. The number of amides is 1. The van der Waals surface area contributed by atoms with Crippen LogP contribution in [0.25, 0.3) is 0 Å². The molecule has 2 rings (SSSR count). The molecular weight excluding hydrogens is 224 g/mol. The number of anilines is 2. The number of hydrogen-bond acceptors (Lipinski definition) is 2. The highest BCUT2D eigenvalue weighted by atomic mass is 16.2. The summed E-state index contributed by atoms with van der Waals surface area (Å²) in [5.41, 5.74) is 2.98.